The standard InChI is InChI=1S/C12H16BrClN2/c1-8-3-10(13)6-15-12(8)16(2)7-9-4-11(14)5-9/h3,6,9,11H,4-5,7H2,1-2H3. The van der Waals surface area contributed by atoms with Crippen molar-refractivity contribution in [2.45, 2.75) is 25.1 Å². The third kappa shape index (κ3) is 2.69. The van der Waals surface area contributed by atoms with Crippen LogP contribution in [0.1, 0.15) is 18.4 Å². The Hall–Kier alpha value is -0.280. The smallest absolute Gasteiger partial charge is 0.131 e. The summed E-state index contributed by atoms with van der Waals surface area (Å²) in [5.74, 6) is 1.80. The first kappa shape index (κ1) is 12.2. The number of aromatic nitrogens is 1. The van der Waals surface area contributed by atoms with Crippen molar-refractivity contribution in [2.75, 3.05) is 18.5 Å². The van der Waals surface area contributed by atoms with Gasteiger partial charge in [0.15, 0.2) is 0 Å². The predicted molar refractivity (Wildman–Crippen MR) is 72.3 cm³/mol. The minimum absolute atomic E-state index is 0.400. The molecule has 4 heteroatoms. The molecule has 0 unspecified atom stereocenters. The second kappa shape index (κ2) is 4.92. The summed E-state index contributed by atoms with van der Waals surface area (Å²) in [5.41, 5.74) is 1.21. The summed E-state index contributed by atoms with van der Waals surface area (Å²) in [6.45, 7) is 3.15. The Morgan fingerprint density at radius 1 is 1.56 bits per heavy atom. The molecule has 0 bridgehead atoms. The van der Waals surface area contributed by atoms with Crippen LogP contribution in [0.5, 0.6) is 0 Å². The predicted octanol–water partition coefficient (Wildman–Crippen LogP) is 3.61. The molecule has 1 aliphatic carbocycles. The molecule has 1 aromatic rings. The zero-order valence-corrected chi connectivity index (χ0v) is 11.9. The van der Waals surface area contributed by atoms with Crippen LogP contribution in [-0.4, -0.2) is 24.0 Å². The molecule has 16 heavy (non-hydrogen) atoms. The lowest BCUT2D eigenvalue weighted by Crippen LogP contribution is -2.35. The molecule has 1 aromatic heterocycles. The van der Waals surface area contributed by atoms with Gasteiger partial charge in [-0.2, -0.15) is 0 Å². The van der Waals surface area contributed by atoms with Crippen molar-refractivity contribution in [3.63, 3.8) is 0 Å². The molecular formula is C12H16BrClN2. The van der Waals surface area contributed by atoms with E-state index in [9.17, 15) is 0 Å². The van der Waals surface area contributed by atoms with Gasteiger partial charge in [-0.1, -0.05) is 0 Å². The number of alkyl halides is 1. The first-order valence-electron chi connectivity index (χ1n) is 5.53. The minimum Gasteiger partial charge on any atom is -0.359 e. The van der Waals surface area contributed by atoms with Crippen LogP contribution in [0.3, 0.4) is 0 Å². The van der Waals surface area contributed by atoms with Crippen molar-refractivity contribution < 1.29 is 0 Å². The fraction of sp³-hybridized carbons (Fsp3) is 0.583. The molecule has 0 saturated heterocycles. The molecule has 0 aliphatic heterocycles. The van der Waals surface area contributed by atoms with Crippen LogP contribution in [0.15, 0.2) is 16.7 Å². The summed E-state index contributed by atoms with van der Waals surface area (Å²) >= 11 is 9.42. The van der Waals surface area contributed by atoms with E-state index in [1.165, 1.54) is 5.56 Å². The van der Waals surface area contributed by atoms with Gasteiger partial charge in [-0.25, -0.2) is 4.98 Å². The van der Waals surface area contributed by atoms with Gasteiger partial charge in [-0.05, 0) is 53.2 Å². The normalized spacial score (nSPS) is 24.0. The summed E-state index contributed by atoms with van der Waals surface area (Å²) in [6, 6.07) is 2.10. The highest BCUT2D eigenvalue weighted by molar-refractivity contribution is 9.10. The van der Waals surface area contributed by atoms with Crippen molar-refractivity contribution in [1.82, 2.24) is 4.98 Å². The Kier molecular flexibility index (Phi) is 3.75. The summed E-state index contributed by atoms with van der Waals surface area (Å²) in [7, 11) is 2.10. The van der Waals surface area contributed by atoms with E-state index in [0.29, 0.717) is 5.38 Å². The fourth-order valence-electron chi connectivity index (χ4n) is 2.21. The number of halogens is 2. The summed E-state index contributed by atoms with van der Waals surface area (Å²) < 4.78 is 1.03. The van der Waals surface area contributed by atoms with Crippen LogP contribution >= 0.6 is 27.5 Å². The molecule has 0 aromatic carbocycles. The number of hydrogen-bond donors (Lipinski definition) is 0. The Bertz CT molecular complexity index is 377. The largest absolute Gasteiger partial charge is 0.359 e. The van der Waals surface area contributed by atoms with Gasteiger partial charge in [0.25, 0.3) is 0 Å². The third-order valence-electron chi connectivity index (χ3n) is 3.09. The molecule has 88 valence electrons. The van der Waals surface area contributed by atoms with Crippen molar-refractivity contribution >= 4 is 33.3 Å². The lowest BCUT2D eigenvalue weighted by Gasteiger charge is -2.34. The Labute approximate surface area is 110 Å². The van der Waals surface area contributed by atoms with E-state index < -0.39 is 0 Å². The maximum atomic E-state index is 5.98. The highest BCUT2D eigenvalue weighted by Gasteiger charge is 2.28. The maximum absolute atomic E-state index is 5.98. The Morgan fingerprint density at radius 3 is 2.81 bits per heavy atom. The van der Waals surface area contributed by atoms with Crippen LogP contribution in [0.25, 0.3) is 0 Å². The van der Waals surface area contributed by atoms with E-state index in [0.717, 1.165) is 35.6 Å². The average Bonchev–Trinajstić information content (AvgIpc) is 2.15. The molecule has 0 spiro atoms. The molecule has 1 aliphatic rings. The Balaban J connectivity index is 2.00. The molecule has 1 saturated carbocycles. The highest BCUT2D eigenvalue weighted by Crippen LogP contribution is 2.33. The fourth-order valence-corrected chi connectivity index (χ4v) is 3.16. The number of pyridine rings is 1. The van der Waals surface area contributed by atoms with Gasteiger partial charge in [0.05, 0.1) is 0 Å². The third-order valence-corrected chi connectivity index (χ3v) is 3.88. The quantitative estimate of drug-likeness (QED) is 0.793. The number of anilines is 1. The Morgan fingerprint density at radius 2 is 2.25 bits per heavy atom. The lowest BCUT2D eigenvalue weighted by atomic mass is 9.84. The monoisotopic (exact) mass is 302 g/mol. The minimum atomic E-state index is 0.400. The van der Waals surface area contributed by atoms with Crippen LogP contribution in [-0.2, 0) is 0 Å². The van der Waals surface area contributed by atoms with E-state index in [4.69, 9.17) is 11.6 Å². The average molecular weight is 304 g/mol. The van der Waals surface area contributed by atoms with E-state index in [1.54, 1.807) is 0 Å². The van der Waals surface area contributed by atoms with Crippen LogP contribution in [0, 0.1) is 12.8 Å². The van der Waals surface area contributed by atoms with Crippen LogP contribution < -0.4 is 4.90 Å². The molecule has 1 fully saturated rings. The van der Waals surface area contributed by atoms with E-state index in [2.05, 4.69) is 45.9 Å². The summed E-state index contributed by atoms with van der Waals surface area (Å²) in [4.78, 5) is 6.69. The first-order chi connectivity index (χ1) is 7.56. The van der Waals surface area contributed by atoms with Crippen molar-refractivity contribution in [3.05, 3.63) is 22.3 Å². The van der Waals surface area contributed by atoms with E-state index in [-0.39, 0.29) is 0 Å². The summed E-state index contributed by atoms with van der Waals surface area (Å²) in [5, 5.41) is 0.400. The van der Waals surface area contributed by atoms with Crippen LogP contribution in [0.4, 0.5) is 5.82 Å². The molecule has 2 nitrogen and oxygen atoms in total. The van der Waals surface area contributed by atoms with E-state index >= 15 is 0 Å². The zero-order valence-electron chi connectivity index (χ0n) is 9.58. The first-order valence-corrected chi connectivity index (χ1v) is 6.76. The second-order valence-corrected chi connectivity index (χ2v) is 6.14. The molecule has 0 N–H and O–H groups in total. The SMILES string of the molecule is Cc1cc(Br)cnc1N(C)CC1CC(Cl)C1. The molecule has 0 amide bonds. The molecule has 2 rings (SSSR count). The lowest BCUT2D eigenvalue weighted by molar-refractivity contribution is 0.328. The van der Waals surface area contributed by atoms with Crippen molar-refractivity contribution in [2.24, 2.45) is 5.92 Å². The van der Waals surface area contributed by atoms with Gasteiger partial charge in [0, 0.05) is 29.6 Å². The van der Waals surface area contributed by atoms with E-state index in [1.807, 2.05) is 6.20 Å². The molecule has 0 atom stereocenters. The van der Waals surface area contributed by atoms with Crippen molar-refractivity contribution in [1.29, 1.82) is 0 Å². The van der Waals surface area contributed by atoms with Gasteiger partial charge < -0.3 is 4.90 Å². The number of rotatable bonds is 3. The topological polar surface area (TPSA) is 16.1 Å². The number of aryl methyl sites for hydroxylation is 1. The van der Waals surface area contributed by atoms with Crippen LogP contribution in [0.2, 0.25) is 0 Å². The second-order valence-electron chi connectivity index (χ2n) is 4.61. The van der Waals surface area contributed by atoms with Gasteiger partial charge in [-0.3, -0.25) is 0 Å². The number of nitrogens with zero attached hydrogens (tertiary/aromatic N) is 2. The molecule has 0 radical (unpaired) electrons. The maximum Gasteiger partial charge on any atom is 0.131 e. The van der Waals surface area contributed by atoms with Gasteiger partial charge in [-0.15, -0.1) is 11.6 Å². The van der Waals surface area contributed by atoms with Gasteiger partial charge in [0.1, 0.15) is 5.82 Å². The zero-order chi connectivity index (χ0) is 11.7. The van der Waals surface area contributed by atoms with Gasteiger partial charge >= 0.3 is 0 Å². The highest BCUT2D eigenvalue weighted by atomic mass is 79.9. The molecule has 1 heterocycles. The van der Waals surface area contributed by atoms with Crippen molar-refractivity contribution in [3.8, 4) is 0 Å². The number of hydrogen-bond acceptors (Lipinski definition) is 2. The molecular weight excluding hydrogens is 288 g/mol. The summed E-state index contributed by atoms with van der Waals surface area (Å²) in [6.07, 6.45) is 4.13. The van der Waals surface area contributed by atoms with Gasteiger partial charge in [0.2, 0.25) is 0 Å².